The molecule has 5 heteroatoms. The molecular formula is C20H27N3OS. The highest BCUT2D eigenvalue weighted by Crippen LogP contribution is 2.35. The van der Waals surface area contributed by atoms with Crippen LogP contribution < -0.4 is 5.73 Å². The molecule has 4 nitrogen and oxygen atoms in total. The van der Waals surface area contributed by atoms with E-state index in [-0.39, 0.29) is 18.0 Å². The molecule has 1 amide bonds. The second-order valence-electron chi connectivity index (χ2n) is 7.07. The lowest BCUT2D eigenvalue weighted by molar-refractivity contribution is -0.132. The molecule has 0 saturated heterocycles. The second kappa shape index (κ2) is 7.67. The number of nitrogens with zero attached hydrogens (tertiary/aromatic N) is 2. The van der Waals surface area contributed by atoms with E-state index in [4.69, 9.17) is 10.7 Å². The van der Waals surface area contributed by atoms with E-state index in [9.17, 15) is 4.79 Å². The SMILES string of the molecule is Cc1nc(-c2ccccc2)sc1C(C)N(C)C(=O)C[C@@H]1CCC[C@H]1N. The van der Waals surface area contributed by atoms with Crippen molar-refractivity contribution in [1.82, 2.24) is 9.88 Å². The van der Waals surface area contributed by atoms with Gasteiger partial charge < -0.3 is 10.6 Å². The van der Waals surface area contributed by atoms with Crippen molar-refractivity contribution in [1.29, 1.82) is 0 Å². The molecule has 3 atom stereocenters. The first-order valence-electron chi connectivity index (χ1n) is 9.01. The molecule has 0 radical (unpaired) electrons. The van der Waals surface area contributed by atoms with Gasteiger partial charge in [-0.15, -0.1) is 11.3 Å². The summed E-state index contributed by atoms with van der Waals surface area (Å²) in [7, 11) is 1.90. The molecule has 1 aromatic heterocycles. The molecule has 1 saturated carbocycles. The minimum atomic E-state index is 0.0279. The second-order valence-corrected chi connectivity index (χ2v) is 8.10. The maximum absolute atomic E-state index is 12.7. The molecule has 1 aromatic carbocycles. The molecule has 1 heterocycles. The topological polar surface area (TPSA) is 59.2 Å². The van der Waals surface area contributed by atoms with Crippen molar-refractivity contribution in [3.63, 3.8) is 0 Å². The number of amides is 1. The summed E-state index contributed by atoms with van der Waals surface area (Å²) in [6.45, 7) is 4.11. The number of carbonyl (C=O) groups is 1. The van der Waals surface area contributed by atoms with E-state index >= 15 is 0 Å². The Balaban J connectivity index is 1.72. The molecule has 25 heavy (non-hydrogen) atoms. The molecule has 1 fully saturated rings. The molecule has 3 rings (SSSR count). The average molecular weight is 358 g/mol. The largest absolute Gasteiger partial charge is 0.338 e. The Bertz CT molecular complexity index is 728. The molecule has 0 spiro atoms. The van der Waals surface area contributed by atoms with E-state index in [2.05, 4.69) is 19.1 Å². The zero-order valence-electron chi connectivity index (χ0n) is 15.2. The van der Waals surface area contributed by atoms with Crippen LogP contribution in [-0.2, 0) is 4.79 Å². The van der Waals surface area contributed by atoms with E-state index < -0.39 is 0 Å². The minimum Gasteiger partial charge on any atom is -0.338 e. The number of aryl methyl sites for hydroxylation is 1. The number of hydrogen-bond donors (Lipinski definition) is 1. The summed E-state index contributed by atoms with van der Waals surface area (Å²) >= 11 is 1.68. The predicted octanol–water partition coefficient (Wildman–Crippen LogP) is 4.16. The van der Waals surface area contributed by atoms with Gasteiger partial charge in [-0.05, 0) is 32.6 Å². The van der Waals surface area contributed by atoms with Gasteiger partial charge in [0.25, 0.3) is 0 Å². The van der Waals surface area contributed by atoms with Crippen molar-refractivity contribution in [2.45, 2.75) is 51.6 Å². The van der Waals surface area contributed by atoms with Crippen molar-refractivity contribution < 1.29 is 4.79 Å². The Morgan fingerprint density at radius 2 is 2.08 bits per heavy atom. The van der Waals surface area contributed by atoms with E-state index in [1.807, 2.05) is 37.1 Å². The fraction of sp³-hybridized carbons (Fsp3) is 0.500. The molecular weight excluding hydrogens is 330 g/mol. The van der Waals surface area contributed by atoms with Crippen molar-refractivity contribution in [2.24, 2.45) is 11.7 Å². The lowest BCUT2D eigenvalue weighted by Gasteiger charge is -2.26. The Morgan fingerprint density at radius 1 is 1.36 bits per heavy atom. The summed E-state index contributed by atoms with van der Waals surface area (Å²) in [5, 5.41) is 1.01. The van der Waals surface area contributed by atoms with Gasteiger partial charge in [-0.2, -0.15) is 0 Å². The van der Waals surface area contributed by atoms with Crippen LogP contribution in [0.15, 0.2) is 30.3 Å². The maximum Gasteiger partial charge on any atom is 0.223 e. The summed E-state index contributed by atoms with van der Waals surface area (Å²) in [4.78, 5) is 20.4. The van der Waals surface area contributed by atoms with Gasteiger partial charge in [0.1, 0.15) is 5.01 Å². The number of carbonyl (C=O) groups excluding carboxylic acids is 1. The van der Waals surface area contributed by atoms with Crippen molar-refractivity contribution in [3.8, 4) is 10.6 Å². The number of aromatic nitrogens is 1. The average Bonchev–Trinajstić information content (AvgIpc) is 3.20. The third kappa shape index (κ3) is 3.93. The first kappa shape index (κ1) is 18.1. The monoisotopic (exact) mass is 357 g/mol. The number of hydrogen-bond acceptors (Lipinski definition) is 4. The van der Waals surface area contributed by atoms with E-state index in [1.165, 1.54) is 0 Å². The third-order valence-corrected chi connectivity index (χ3v) is 6.74. The summed E-state index contributed by atoms with van der Waals surface area (Å²) in [5.74, 6) is 0.522. The van der Waals surface area contributed by atoms with Gasteiger partial charge in [-0.3, -0.25) is 4.79 Å². The Hall–Kier alpha value is -1.72. The van der Waals surface area contributed by atoms with E-state index in [0.717, 1.165) is 40.4 Å². The summed E-state index contributed by atoms with van der Waals surface area (Å²) < 4.78 is 0. The highest BCUT2D eigenvalue weighted by molar-refractivity contribution is 7.15. The van der Waals surface area contributed by atoms with Gasteiger partial charge >= 0.3 is 0 Å². The Morgan fingerprint density at radius 3 is 2.72 bits per heavy atom. The smallest absolute Gasteiger partial charge is 0.223 e. The quantitative estimate of drug-likeness (QED) is 0.874. The van der Waals surface area contributed by atoms with Crippen LogP contribution in [0.3, 0.4) is 0 Å². The van der Waals surface area contributed by atoms with Crippen molar-refractivity contribution in [2.75, 3.05) is 7.05 Å². The van der Waals surface area contributed by atoms with Crippen LogP contribution in [0.5, 0.6) is 0 Å². The molecule has 134 valence electrons. The molecule has 0 bridgehead atoms. The molecule has 1 aliphatic carbocycles. The zero-order chi connectivity index (χ0) is 18.0. The van der Waals surface area contributed by atoms with Gasteiger partial charge in [0.05, 0.1) is 16.6 Å². The van der Waals surface area contributed by atoms with Crippen LogP contribution in [0.4, 0.5) is 0 Å². The van der Waals surface area contributed by atoms with Crippen LogP contribution in [0, 0.1) is 12.8 Å². The summed E-state index contributed by atoms with van der Waals surface area (Å²) in [6.07, 6.45) is 3.83. The van der Waals surface area contributed by atoms with E-state index in [1.54, 1.807) is 11.3 Å². The van der Waals surface area contributed by atoms with Gasteiger partial charge in [-0.25, -0.2) is 4.98 Å². The highest BCUT2D eigenvalue weighted by atomic mass is 32.1. The first-order chi connectivity index (χ1) is 12.0. The van der Waals surface area contributed by atoms with Gasteiger partial charge in [0.15, 0.2) is 0 Å². The van der Waals surface area contributed by atoms with Crippen LogP contribution in [0.2, 0.25) is 0 Å². The fourth-order valence-corrected chi connectivity index (χ4v) is 4.75. The maximum atomic E-state index is 12.7. The van der Waals surface area contributed by atoms with Crippen molar-refractivity contribution >= 4 is 17.2 Å². The molecule has 2 aromatic rings. The minimum absolute atomic E-state index is 0.0279. The van der Waals surface area contributed by atoms with Gasteiger partial charge in [-0.1, -0.05) is 36.8 Å². The highest BCUT2D eigenvalue weighted by Gasteiger charge is 2.29. The van der Waals surface area contributed by atoms with Crippen LogP contribution in [0.25, 0.3) is 10.6 Å². The standard InChI is InChI=1S/C20H27N3OS/c1-13-19(25-20(22-13)15-8-5-4-6-9-15)14(2)23(3)18(24)12-16-10-7-11-17(16)21/h4-6,8-9,14,16-17H,7,10-12,21H2,1-3H3/t14?,16-,17+/m0/s1. The van der Waals surface area contributed by atoms with Crippen LogP contribution in [-0.4, -0.2) is 28.9 Å². The first-order valence-corrected chi connectivity index (χ1v) is 9.83. The van der Waals surface area contributed by atoms with Crippen molar-refractivity contribution in [3.05, 3.63) is 40.9 Å². The molecule has 0 aliphatic heterocycles. The molecule has 1 unspecified atom stereocenters. The third-order valence-electron chi connectivity index (χ3n) is 5.36. The number of thiazole rings is 1. The van der Waals surface area contributed by atoms with Crippen LogP contribution >= 0.6 is 11.3 Å². The fourth-order valence-electron chi connectivity index (χ4n) is 3.58. The van der Waals surface area contributed by atoms with Gasteiger partial charge in [0, 0.05) is 25.1 Å². The zero-order valence-corrected chi connectivity index (χ0v) is 16.1. The molecule has 1 aliphatic rings. The lowest BCUT2D eigenvalue weighted by Crippen LogP contribution is -2.34. The summed E-state index contributed by atoms with van der Waals surface area (Å²) in [6, 6.07) is 10.4. The lowest BCUT2D eigenvalue weighted by atomic mass is 9.99. The van der Waals surface area contributed by atoms with E-state index in [0.29, 0.717) is 12.3 Å². The van der Waals surface area contributed by atoms with Gasteiger partial charge in [0.2, 0.25) is 5.91 Å². The summed E-state index contributed by atoms with van der Waals surface area (Å²) in [5.41, 5.74) is 8.26. The molecule has 2 N–H and O–H groups in total. The number of nitrogens with two attached hydrogens (primary N) is 1. The number of benzene rings is 1. The van der Waals surface area contributed by atoms with Crippen LogP contribution in [0.1, 0.15) is 49.2 Å². The predicted molar refractivity (Wildman–Crippen MR) is 103 cm³/mol. The normalized spacial score (nSPS) is 21.3. The Labute approximate surface area is 154 Å². The Kier molecular flexibility index (Phi) is 5.54. The number of rotatable bonds is 5.